The Hall–Kier alpha value is 0.877. The number of hydrogen-bond donors (Lipinski definition) is 0. The van der Waals surface area contributed by atoms with Gasteiger partial charge in [0.25, 0.3) is 3.93 Å². The molecule has 1 aromatic rings. The van der Waals surface area contributed by atoms with Gasteiger partial charge >= 0.3 is 0 Å². The molecule has 0 heterocycles. The SMILES string of the molecule is CCC1(CC)CC(C)(C)c2c1cc1c(c2[Si](Br)(Br)Br)C(C)(C)CC1(CC)CC. The second-order valence-electron chi connectivity index (χ2n) is 10.7. The van der Waals surface area contributed by atoms with E-state index in [2.05, 4.69) is 107 Å². The normalized spacial score (nSPS) is 23.5. The maximum absolute atomic E-state index is 4.13. The molecule has 4 heteroatoms. The molecule has 0 nitrogen and oxygen atoms in total. The van der Waals surface area contributed by atoms with Gasteiger partial charge in [-0.3, -0.25) is 0 Å². The van der Waals surface area contributed by atoms with E-state index < -0.39 is 3.93 Å². The van der Waals surface area contributed by atoms with E-state index in [-0.39, 0.29) is 10.8 Å². The Kier molecular flexibility index (Phi) is 6.05. The third-order valence-electron chi connectivity index (χ3n) is 8.37. The van der Waals surface area contributed by atoms with Crippen LogP contribution in [0.1, 0.15) is 116 Å². The lowest BCUT2D eigenvalue weighted by atomic mass is 9.72. The van der Waals surface area contributed by atoms with Gasteiger partial charge in [0.05, 0.1) is 0 Å². The minimum Gasteiger partial charge on any atom is -0.0910 e. The molecule has 3 rings (SSSR count). The van der Waals surface area contributed by atoms with Crippen LogP contribution in [0.25, 0.3) is 0 Å². The van der Waals surface area contributed by atoms with Gasteiger partial charge in [-0.15, -0.1) is 0 Å². The molecule has 2 aliphatic rings. The third kappa shape index (κ3) is 3.21. The molecule has 0 unspecified atom stereocenters. The fourth-order valence-electron chi connectivity index (χ4n) is 7.03. The fraction of sp³-hybridized carbons (Fsp3) is 0.750. The van der Waals surface area contributed by atoms with Crippen LogP contribution >= 0.6 is 45.9 Å². The van der Waals surface area contributed by atoms with Crippen molar-refractivity contribution < 1.29 is 0 Å². The standard InChI is InChI=1S/C24H37Br3Si/c1-9-23(10-2)14-21(5,6)18-16(23)13-17-19(20(18)28(25,26)27)22(7,8)15-24(17,11-3)12-4/h13H,9-12,14-15H2,1-8H3. The molecular formula is C24H37Br3Si. The van der Waals surface area contributed by atoms with Crippen molar-refractivity contribution >= 4 is 55.0 Å². The Morgan fingerprint density at radius 2 is 1.04 bits per heavy atom. The number of halogens is 3. The molecular weight excluding hydrogens is 556 g/mol. The molecule has 0 aromatic heterocycles. The van der Waals surface area contributed by atoms with Crippen molar-refractivity contribution in [1.29, 1.82) is 0 Å². The smallest absolute Gasteiger partial charge is 0.0910 e. The zero-order valence-electron chi connectivity index (χ0n) is 19.0. The van der Waals surface area contributed by atoms with Crippen LogP contribution in [0, 0.1) is 0 Å². The van der Waals surface area contributed by atoms with Gasteiger partial charge in [0, 0.05) is 0 Å². The summed E-state index contributed by atoms with van der Waals surface area (Å²) in [5.74, 6) is 0. The van der Waals surface area contributed by atoms with Crippen LogP contribution < -0.4 is 5.19 Å². The summed E-state index contributed by atoms with van der Waals surface area (Å²) >= 11 is 12.4. The predicted molar refractivity (Wildman–Crippen MR) is 138 cm³/mol. The molecule has 2 aliphatic carbocycles. The lowest BCUT2D eigenvalue weighted by Gasteiger charge is -2.33. The summed E-state index contributed by atoms with van der Waals surface area (Å²) in [6.07, 6.45) is 7.45. The average molecular weight is 593 g/mol. The van der Waals surface area contributed by atoms with Gasteiger partial charge in [-0.1, -0.05) is 107 Å². The van der Waals surface area contributed by atoms with E-state index >= 15 is 0 Å². The van der Waals surface area contributed by atoms with Gasteiger partial charge in [0.15, 0.2) is 0 Å². The van der Waals surface area contributed by atoms with Gasteiger partial charge in [0.1, 0.15) is 0 Å². The second kappa shape index (κ2) is 7.20. The maximum atomic E-state index is 4.13. The van der Waals surface area contributed by atoms with Crippen molar-refractivity contribution in [2.45, 2.75) is 116 Å². The molecule has 0 N–H and O–H groups in total. The van der Waals surface area contributed by atoms with E-state index in [0.29, 0.717) is 10.8 Å². The van der Waals surface area contributed by atoms with Gasteiger partial charge in [-0.25, -0.2) is 0 Å². The predicted octanol–water partition coefficient (Wildman–Crippen LogP) is 8.50. The van der Waals surface area contributed by atoms with E-state index in [1.807, 2.05) is 0 Å². The molecule has 0 spiro atoms. The summed E-state index contributed by atoms with van der Waals surface area (Å²) in [5, 5.41) is 1.60. The summed E-state index contributed by atoms with van der Waals surface area (Å²) in [6, 6.07) is 2.70. The van der Waals surface area contributed by atoms with E-state index in [4.69, 9.17) is 0 Å². The summed E-state index contributed by atoms with van der Waals surface area (Å²) < 4.78 is -2.06. The zero-order valence-corrected chi connectivity index (χ0v) is 24.7. The number of rotatable bonds is 5. The molecule has 158 valence electrons. The van der Waals surface area contributed by atoms with Crippen molar-refractivity contribution in [3.05, 3.63) is 28.3 Å². The summed E-state index contributed by atoms with van der Waals surface area (Å²) in [5.41, 5.74) is 7.65. The largest absolute Gasteiger partial charge is 0.298 e. The number of hydrogen-bond acceptors (Lipinski definition) is 0. The number of benzene rings is 1. The first-order valence-electron chi connectivity index (χ1n) is 11.1. The molecule has 0 fully saturated rings. The van der Waals surface area contributed by atoms with Crippen molar-refractivity contribution in [2.24, 2.45) is 0 Å². The molecule has 0 saturated carbocycles. The Balaban J connectivity index is 2.54. The minimum absolute atomic E-state index is 0.207. The maximum Gasteiger partial charge on any atom is 0.298 e. The topological polar surface area (TPSA) is 0 Å². The first-order chi connectivity index (χ1) is 12.8. The van der Waals surface area contributed by atoms with Crippen molar-refractivity contribution in [3.63, 3.8) is 0 Å². The zero-order chi connectivity index (χ0) is 21.3. The monoisotopic (exact) mass is 590 g/mol. The van der Waals surface area contributed by atoms with E-state index in [9.17, 15) is 0 Å². The van der Waals surface area contributed by atoms with Gasteiger partial charge in [0.2, 0.25) is 0 Å². The highest BCUT2D eigenvalue weighted by molar-refractivity contribution is 9.72. The molecule has 1 aromatic carbocycles. The number of fused-ring (bicyclic) bond motifs is 2. The van der Waals surface area contributed by atoms with Crippen LogP contribution in [0.5, 0.6) is 0 Å². The van der Waals surface area contributed by atoms with E-state index in [0.717, 1.165) is 0 Å². The fourth-order valence-corrected chi connectivity index (χ4v) is 12.1. The Morgan fingerprint density at radius 1 is 0.714 bits per heavy atom. The molecule has 0 aliphatic heterocycles. The first-order valence-corrected chi connectivity index (χ1v) is 19.8. The van der Waals surface area contributed by atoms with Crippen LogP contribution in [0.4, 0.5) is 0 Å². The van der Waals surface area contributed by atoms with Crippen LogP contribution in [0.3, 0.4) is 0 Å². The van der Waals surface area contributed by atoms with Crippen LogP contribution in [-0.4, -0.2) is 3.93 Å². The van der Waals surface area contributed by atoms with E-state index in [1.54, 1.807) is 27.4 Å². The second-order valence-corrected chi connectivity index (χ2v) is 32.5. The van der Waals surface area contributed by atoms with Crippen molar-refractivity contribution in [1.82, 2.24) is 0 Å². The van der Waals surface area contributed by atoms with Gasteiger partial charge < -0.3 is 0 Å². The van der Waals surface area contributed by atoms with Crippen molar-refractivity contribution in [2.75, 3.05) is 0 Å². The molecule has 0 saturated heterocycles. The third-order valence-corrected chi connectivity index (χ3v) is 13.0. The minimum atomic E-state index is -2.06. The lowest BCUT2D eigenvalue weighted by Crippen LogP contribution is -2.42. The van der Waals surface area contributed by atoms with Crippen LogP contribution in [-0.2, 0) is 21.7 Å². The van der Waals surface area contributed by atoms with Crippen LogP contribution in [0.15, 0.2) is 6.07 Å². The molecule has 0 bridgehead atoms. The Morgan fingerprint density at radius 3 is 1.29 bits per heavy atom. The lowest BCUT2D eigenvalue weighted by molar-refractivity contribution is 0.322. The summed E-state index contributed by atoms with van der Waals surface area (Å²) in [6.45, 7) is 19.5. The molecule has 0 atom stereocenters. The first kappa shape index (κ1) is 23.5. The highest BCUT2D eigenvalue weighted by atomic mass is 80.0. The van der Waals surface area contributed by atoms with Gasteiger partial charge in [-0.05, 0) is 87.6 Å². The summed E-state index contributed by atoms with van der Waals surface area (Å²) in [4.78, 5) is 0. The quantitative estimate of drug-likeness (QED) is 0.237. The Bertz CT molecular complexity index is 722. The van der Waals surface area contributed by atoms with Crippen molar-refractivity contribution in [3.8, 4) is 0 Å². The van der Waals surface area contributed by atoms with Gasteiger partial charge in [-0.2, -0.15) is 0 Å². The highest BCUT2D eigenvalue weighted by Gasteiger charge is 2.55. The Labute approximate surface area is 197 Å². The highest BCUT2D eigenvalue weighted by Crippen LogP contribution is 2.60. The average Bonchev–Trinajstić information content (AvgIpc) is 2.98. The molecule has 0 amide bonds. The summed E-state index contributed by atoms with van der Waals surface area (Å²) in [7, 11) is 0. The molecule has 0 radical (unpaired) electrons. The van der Waals surface area contributed by atoms with E-state index in [1.165, 1.54) is 38.5 Å². The molecule has 28 heavy (non-hydrogen) atoms. The van der Waals surface area contributed by atoms with Crippen LogP contribution in [0.2, 0.25) is 0 Å².